The minimum atomic E-state index is -2.90. The summed E-state index contributed by atoms with van der Waals surface area (Å²) in [5.41, 5.74) is 1.52. The third-order valence-electron chi connectivity index (χ3n) is 4.82. The van der Waals surface area contributed by atoms with E-state index in [4.69, 9.17) is 0 Å². The highest BCUT2D eigenvalue weighted by molar-refractivity contribution is 5.83. The molecule has 2 aromatic heterocycles. The van der Waals surface area contributed by atoms with Gasteiger partial charge in [-0.25, -0.2) is 13.2 Å². The SMILES string of the molecule is O=C(Cn1ncc2ncc(-c3ccc(F)c(C(F)F)c3)cc21)NC1CCC1. The number of aromatic nitrogens is 3. The van der Waals surface area contributed by atoms with Crippen molar-refractivity contribution in [1.29, 1.82) is 0 Å². The van der Waals surface area contributed by atoms with Gasteiger partial charge in [-0.2, -0.15) is 5.10 Å². The van der Waals surface area contributed by atoms with Gasteiger partial charge in [0.15, 0.2) is 0 Å². The van der Waals surface area contributed by atoms with E-state index in [-0.39, 0.29) is 18.5 Å². The molecular weight excluding hydrogens is 357 g/mol. The summed E-state index contributed by atoms with van der Waals surface area (Å²) < 4.78 is 41.0. The first-order chi connectivity index (χ1) is 13.0. The number of pyridine rings is 1. The molecular formula is C19H17F3N4O. The molecule has 5 nitrogen and oxygen atoms in total. The predicted octanol–water partition coefficient (Wildman–Crippen LogP) is 3.84. The summed E-state index contributed by atoms with van der Waals surface area (Å²) >= 11 is 0. The summed E-state index contributed by atoms with van der Waals surface area (Å²) in [6.07, 6.45) is 3.28. The van der Waals surface area contributed by atoms with E-state index in [0.29, 0.717) is 22.2 Å². The van der Waals surface area contributed by atoms with Crippen molar-refractivity contribution in [3.63, 3.8) is 0 Å². The van der Waals surface area contributed by atoms with E-state index >= 15 is 0 Å². The molecule has 3 aromatic rings. The zero-order valence-electron chi connectivity index (χ0n) is 14.3. The fraction of sp³-hybridized carbons (Fsp3) is 0.316. The number of carbonyl (C=O) groups is 1. The van der Waals surface area contributed by atoms with E-state index in [1.165, 1.54) is 16.9 Å². The lowest BCUT2D eigenvalue weighted by Gasteiger charge is -2.26. The molecule has 8 heteroatoms. The van der Waals surface area contributed by atoms with E-state index in [9.17, 15) is 18.0 Å². The van der Waals surface area contributed by atoms with E-state index in [1.807, 2.05) is 0 Å². The lowest BCUT2D eigenvalue weighted by molar-refractivity contribution is -0.123. The number of hydrogen-bond acceptors (Lipinski definition) is 3. The molecule has 1 fully saturated rings. The number of halogens is 3. The Labute approximate surface area is 153 Å². The van der Waals surface area contributed by atoms with Crippen LogP contribution in [0, 0.1) is 5.82 Å². The first-order valence-electron chi connectivity index (χ1n) is 8.70. The largest absolute Gasteiger partial charge is 0.352 e. The fourth-order valence-electron chi connectivity index (χ4n) is 3.09. The first kappa shape index (κ1) is 17.5. The van der Waals surface area contributed by atoms with Crippen molar-refractivity contribution < 1.29 is 18.0 Å². The minimum Gasteiger partial charge on any atom is -0.352 e. The highest BCUT2D eigenvalue weighted by Crippen LogP contribution is 2.29. The number of hydrogen-bond donors (Lipinski definition) is 1. The van der Waals surface area contributed by atoms with Crippen molar-refractivity contribution in [2.75, 3.05) is 0 Å². The van der Waals surface area contributed by atoms with Crippen molar-refractivity contribution in [1.82, 2.24) is 20.1 Å². The third kappa shape index (κ3) is 3.51. The second kappa shape index (κ2) is 7.02. The van der Waals surface area contributed by atoms with Gasteiger partial charge in [0.1, 0.15) is 17.9 Å². The Kier molecular flexibility index (Phi) is 4.55. The molecule has 1 N–H and O–H groups in total. The quantitative estimate of drug-likeness (QED) is 0.738. The van der Waals surface area contributed by atoms with Crippen molar-refractivity contribution in [3.05, 3.63) is 48.0 Å². The van der Waals surface area contributed by atoms with Crippen LogP contribution in [-0.4, -0.2) is 26.7 Å². The Hall–Kier alpha value is -2.90. The summed E-state index contributed by atoms with van der Waals surface area (Å²) in [6, 6.07) is 5.51. The molecule has 0 bridgehead atoms. The molecule has 2 heterocycles. The molecule has 0 atom stereocenters. The van der Waals surface area contributed by atoms with Gasteiger partial charge in [0, 0.05) is 17.8 Å². The average Bonchev–Trinajstić information content (AvgIpc) is 3.00. The summed E-state index contributed by atoms with van der Waals surface area (Å²) in [6.45, 7) is 0.0524. The second-order valence-corrected chi connectivity index (χ2v) is 6.66. The van der Waals surface area contributed by atoms with Crippen molar-refractivity contribution >= 4 is 16.9 Å². The van der Waals surface area contributed by atoms with Crippen LogP contribution in [0.2, 0.25) is 0 Å². The molecule has 1 amide bonds. The lowest BCUT2D eigenvalue weighted by Crippen LogP contribution is -2.41. The summed E-state index contributed by atoms with van der Waals surface area (Å²) in [7, 11) is 0. The monoisotopic (exact) mass is 374 g/mol. The van der Waals surface area contributed by atoms with Gasteiger partial charge in [0.2, 0.25) is 5.91 Å². The predicted molar refractivity (Wildman–Crippen MR) is 93.7 cm³/mol. The van der Waals surface area contributed by atoms with Crippen LogP contribution >= 0.6 is 0 Å². The molecule has 0 unspecified atom stereocenters. The molecule has 1 aromatic carbocycles. The van der Waals surface area contributed by atoms with Crippen LogP contribution in [0.1, 0.15) is 31.3 Å². The molecule has 4 rings (SSSR count). The molecule has 140 valence electrons. The van der Waals surface area contributed by atoms with Gasteiger partial charge < -0.3 is 5.32 Å². The highest BCUT2D eigenvalue weighted by atomic mass is 19.3. The van der Waals surface area contributed by atoms with Gasteiger partial charge in [0.25, 0.3) is 6.43 Å². The van der Waals surface area contributed by atoms with Crippen LogP contribution in [-0.2, 0) is 11.3 Å². The highest BCUT2D eigenvalue weighted by Gasteiger charge is 2.20. The summed E-state index contributed by atoms with van der Waals surface area (Å²) in [4.78, 5) is 16.4. The maximum Gasteiger partial charge on any atom is 0.266 e. The fourth-order valence-corrected chi connectivity index (χ4v) is 3.09. The van der Waals surface area contributed by atoms with Gasteiger partial charge in [0.05, 0.1) is 17.3 Å². The normalized spacial score (nSPS) is 14.5. The van der Waals surface area contributed by atoms with Gasteiger partial charge in [-0.3, -0.25) is 14.5 Å². The number of amides is 1. The van der Waals surface area contributed by atoms with E-state index in [2.05, 4.69) is 15.4 Å². The zero-order chi connectivity index (χ0) is 19.0. The van der Waals surface area contributed by atoms with Crippen LogP contribution in [0.15, 0.2) is 36.7 Å². The number of nitrogens with zero attached hydrogens (tertiary/aromatic N) is 3. The molecule has 0 saturated heterocycles. The van der Waals surface area contributed by atoms with Gasteiger partial charge in [-0.15, -0.1) is 0 Å². The lowest BCUT2D eigenvalue weighted by atomic mass is 9.93. The topological polar surface area (TPSA) is 59.8 Å². The smallest absolute Gasteiger partial charge is 0.266 e. The van der Waals surface area contributed by atoms with Crippen molar-refractivity contribution in [3.8, 4) is 11.1 Å². The Balaban J connectivity index is 1.63. The molecule has 0 aliphatic heterocycles. The van der Waals surface area contributed by atoms with Crippen LogP contribution in [0.25, 0.3) is 22.2 Å². The van der Waals surface area contributed by atoms with Crippen LogP contribution < -0.4 is 5.32 Å². The van der Waals surface area contributed by atoms with Gasteiger partial charge in [-0.05, 0) is 43.0 Å². The molecule has 27 heavy (non-hydrogen) atoms. The van der Waals surface area contributed by atoms with Crippen molar-refractivity contribution in [2.45, 2.75) is 38.3 Å². The third-order valence-corrected chi connectivity index (χ3v) is 4.82. The maximum absolute atomic E-state index is 13.5. The zero-order valence-corrected chi connectivity index (χ0v) is 14.3. The Bertz CT molecular complexity index is 998. The summed E-state index contributed by atoms with van der Waals surface area (Å²) in [5, 5.41) is 7.14. The second-order valence-electron chi connectivity index (χ2n) is 6.66. The molecule has 1 aliphatic rings. The van der Waals surface area contributed by atoms with E-state index < -0.39 is 17.8 Å². The Morgan fingerprint density at radius 2 is 2.04 bits per heavy atom. The minimum absolute atomic E-state index is 0.0524. The van der Waals surface area contributed by atoms with Crippen LogP contribution in [0.4, 0.5) is 13.2 Å². The molecule has 1 aliphatic carbocycles. The first-order valence-corrected chi connectivity index (χ1v) is 8.70. The standard InChI is InChI=1S/C19H17F3N4O/c20-15-5-4-11(6-14(15)19(21)22)12-7-17-16(23-8-12)9-24-26(17)10-18(27)25-13-2-1-3-13/h4-9,13,19H,1-3,10H2,(H,25,27). The van der Waals surface area contributed by atoms with E-state index in [0.717, 1.165) is 31.4 Å². The number of carbonyl (C=O) groups excluding carboxylic acids is 1. The maximum atomic E-state index is 13.5. The number of benzene rings is 1. The molecule has 0 spiro atoms. The number of fused-ring (bicyclic) bond motifs is 1. The van der Waals surface area contributed by atoms with Gasteiger partial charge in [-0.1, -0.05) is 6.07 Å². The number of rotatable bonds is 5. The van der Waals surface area contributed by atoms with Crippen LogP contribution in [0.3, 0.4) is 0 Å². The Morgan fingerprint density at radius 1 is 1.22 bits per heavy atom. The van der Waals surface area contributed by atoms with Crippen molar-refractivity contribution in [2.24, 2.45) is 0 Å². The number of nitrogens with one attached hydrogen (secondary N) is 1. The van der Waals surface area contributed by atoms with Crippen LogP contribution in [0.5, 0.6) is 0 Å². The summed E-state index contributed by atoms with van der Waals surface area (Å²) in [5.74, 6) is -1.07. The number of alkyl halides is 2. The molecule has 0 radical (unpaired) electrons. The average molecular weight is 374 g/mol. The molecule has 1 saturated carbocycles. The Morgan fingerprint density at radius 3 is 2.74 bits per heavy atom. The van der Waals surface area contributed by atoms with E-state index in [1.54, 1.807) is 12.3 Å². The van der Waals surface area contributed by atoms with Gasteiger partial charge >= 0.3 is 0 Å².